The van der Waals surface area contributed by atoms with Gasteiger partial charge >= 0.3 is 0 Å². The number of aryl methyl sites for hydroxylation is 1. The van der Waals surface area contributed by atoms with Crippen molar-refractivity contribution in [2.75, 3.05) is 5.33 Å². The zero-order valence-corrected chi connectivity index (χ0v) is 15.8. The van der Waals surface area contributed by atoms with Gasteiger partial charge in [0.05, 0.1) is 17.6 Å². The number of rotatable bonds is 4. The first kappa shape index (κ1) is 16.4. The maximum absolute atomic E-state index is 12.7. The van der Waals surface area contributed by atoms with Crippen molar-refractivity contribution in [3.63, 3.8) is 0 Å². The SMILES string of the molecule is Cc1ccc(-c2nn(CC(Br)CBr)c(=O)c3ccccc23)cc1. The third kappa shape index (κ3) is 3.40. The van der Waals surface area contributed by atoms with Gasteiger partial charge in [-0.1, -0.05) is 79.9 Å². The van der Waals surface area contributed by atoms with E-state index in [1.807, 2.05) is 24.3 Å². The Kier molecular flexibility index (Phi) is 4.97. The molecule has 0 amide bonds. The Labute approximate surface area is 151 Å². The third-order valence-corrected chi connectivity index (χ3v) is 5.99. The number of fused-ring (bicyclic) bond motifs is 1. The first-order valence-corrected chi connectivity index (χ1v) is 9.41. The van der Waals surface area contributed by atoms with Crippen LogP contribution in [0.5, 0.6) is 0 Å². The molecule has 118 valence electrons. The van der Waals surface area contributed by atoms with Crippen LogP contribution >= 0.6 is 31.9 Å². The fraction of sp³-hybridized carbons (Fsp3) is 0.222. The maximum atomic E-state index is 12.7. The summed E-state index contributed by atoms with van der Waals surface area (Å²) in [6.45, 7) is 2.58. The Hall–Kier alpha value is -1.46. The molecular weight excluding hydrogens is 420 g/mol. The summed E-state index contributed by atoms with van der Waals surface area (Å²) in [7, 11) is 0. The van der Waals surface area contributed by atoms with Gasteiger partial charge in [-0.05, 0) is 13.0 Å². The molecule has 1 heterocycles. The van der Waals surface area contributed by atoms with Crippen molar-refractivity contribution in [1.82, 2.24) is 9.78 Å². The molecule has 0 fully saturated rings. The van der Waals surface area contributed by atoms with Crippen molar-refractivity contribution in [3.8, 4) is 11.3 Å². The second kappa shape index (κ2) is 6.97. The van der Waals surface area contributed by atoms with E-state index in [9.17, 15) is 4.79 Å². The lowest BCUT2D eigenvalue weighted by Gasteiger charge is -2.13. The number of halogens is 2. The smallest absolute Gasteiger partial charge is 0.267 e. The van der Waals surface area contributed by atoms with Crippen molar-refractivity contribution in [3.05, 3.63) is 64.4 Å². The minimum absolute atomic E-state index is 0.0538. The summed E-state index contributed by atoms with van der Waals surface area (Å²) in [5, 5.41) is 6.99. The average Bonchev–Trinajstić information content (AvgIpc) is 2.58. The number of hydrogen-bond donors (Lipinski definition) is 0. The van der Waals surface area contributed by atoms with Gasteiger partial charge in [-0.2, -0.15) is 5.10 Å². The molecular formula is C18H16Br2N2O. The van der Waals surface area contributed by atoms with Gasteiger partial charge in [0.15, 0.2) is 0 Å². The van der Waals surface area contributed by atoms with E-state index in [1.165, 1.54) is 5.56 Å². The number of nitrogens with zero attached hydrogens (tertiary/aromatic N) is 2. The van der Waals surface area contributed by atoms with E-state index in [1.54, 1.807) is 4.68 Å². The van der Waals surface area contributed by atoms with Crippen LogP contribution in [0.2, 0.25) is 0 Å². The van der Waals surface area contributed by atoms with Crippen LogP contribution in [-0.4, -0.2) is 19.9 Å². The Morgan fingerprint density at radius 2 is 1.74 bits per heavy atom. The summed E-state index contributed by atoms with van der Waals surface area (Å²) in [6.07, 6.45) is 0. The van der Waals surface area contributed by atoms with Crippen LogP contribution < -0.4 is 5.56 Å². The Balaban J connectivity index is 2.25. The molecule has 0 aliphatic carbocycles. The van der Waals surface area contributed by atoms with Crippen molar-refractivity contribution in [1.29, 1.82) is 0 Å². The Bertz CT molecular complexity index is 888. The van der Waals surface area contributed by atoms with Crippen molar-refractivity contribution >= 4 is 42.6 Å². The molecule has 5 heteroatoms. The highest BCUT2D eigenvalue weighted by molar-refractivity contribution is 9.12. The van der Waals surface area contributed by atoms with Gasteiger partial charge < -0.3 is 0 Å². The van der Waals surface area contributed by atoms with Crippen LogP contribution in [0.1, 0.15) is 5.56 Å². The highest BCUT2D eigenvalue weighted by atomic mass is 79.9. The first-order chi connectivity index (χ1) is 11.1. The molecule has 0 bridgehead atoms. The highest BCUT2D eigenvalue weighted by Gasteiger charge is 2.14. The zero-order chi connectivity index (χ0) is 16.4. The van der Waals surface area contributed by atoms with Crippen LogP contribution in [0.15, 0.2) is 53.3 Å². The lowest BCUT2D eigenvalue weighted by molar-refractivity contribution is 0.593. The van der Waals surface area contributed by atoms with Gasteiger partial charge in [0, 0.05) is 21.1 Å². The van der Waals surface area contributed by atoms with Gasteiger partial charge in [-0.15, -0.1) is 0 Å². The van der Waals surface area contributed by atoms with E-state index >= 15 is 0 Å². The lowest BCUT2D eigenvalue weighted by atomic mass is 10.0. The lowest BCUT2D eigenvalue weighted by Crippen LogP contribution is -2.28. The molecule has 0 spiro atoms. The molecule has 0 radical (unpaired) electrons. The minimum atomic E-state index is -0.0538. The van der Waals surface area contributed by atoms with Crippen LogP contribution in [0.3, 0.4) is 0 Å². The summed E-state index contributed by atoms with van der Waals surface area (Å²) in [5.74, 6) is 0. The maximum Gasteiger partial charge on any atom is 0.274 e. The molecule has 23 heavy (non-hydrogen) atoms. The van der Waals surface area contributed by atoms with Gasteiger partial charge in [0.2, 0.25) is 0 Å². The number of benzene rings is 2. The molecule has 1 atom stereocenters. The molecule has 3 rings (SSSR count). The molecule has 3 aromatic rings. The summed E-state index contributed by atoms with van der Waals surface area (Å²) >= 11 is 6.98. The fourth-order valence-electron chi connectivity index (χ4n) is 2.52. The highest BCUT2D eigenvalue weighted by Crippen LogP contribution is 2.25. The predicted molar refractivity (Wildman–Crippen MR) is 103 cm³/mol. The monoisotopic (exact) mass is 434 g/mol. The molecule has 0 aliphatic rings. The molecule has 3 nitrogen and oxygen atoms in total. The standard InChI is InChI=1S/C18H16Br2N2O/c1-12-6-8-13(9-7-12)17-15-4-2-3-5-16(15)18(23)22(21-17)11-14(20)10-19/h2-9,14H,10-11H2,1H3. The topological polar surface area (TPSA) is 34.9 Å². The van der Waals surface area contributed by atoms with Gasteiger partial charge in [0.1, 0.15) is 0 Å². The zero-order valence-electron chi connectivity index (χ0n) is 12.7. The number of alkyl halides is 2. The largest absolute Gasteiger partial charge is 0.274 e. The van der Waals surface area contributed by atoms with Gasteiger partial charge in [0.25, 0.3) is 5.56 Å². The van der Waals surface area contributed by atoms with E-state index < -0.39 is 0 Å². The van der Waals surface area contributed by atoms with Crippen LogP contribution in [0.25, 0.3) is 22.0 Å². The van der Waals surface area contributed by atoms with E-state index in [-0.39, 0.29) is 10.4 Å². The molecule has 1 unspecified atom stereocenters. The number of aromatic nitrogens is 2. The Morgan fingerprint density at radius 1 is 1.09 bits per heavy atom. The van der Waals surface area contributed by atoms with Gasteiger partial charge in [-0.25, -0.2) is 4.68 Å². The second-order valence-corrected chi connectivity index (χ2v) is 7.44. The molecule has 1 aromatic heterocycles. The van der Waals surface area contributed by atoms with Crippen LogP contribution in [0, 0.1) is 6.92 Å². The number of hydrogen-bond acceptors (Lipinski definition) is 2. The molecule has 0 saturated carbocycles. The van der Waals surface area contributed by atoms with Crippen molar-refractivity contribution < 1.29 is 0 Å². The summed E-state index contributed by atoms with van der Waals surface area (Å²) in [4.78, 5) is 12.8. The summed E-state index contributed by atoms with van der Waals surface area (Å²) in [5.41, 5.74) is 3.01. The molecule has 0 aliphatic heterocycles. The van der Waals surface area contributed by atoms with E-state index in [0.29, 0.717) is 11.9 Å². The predicted octanol–water partition coefficient (Wildman–Crippen LogP) is 4.53. The summed E-state index contributed by atoms with van der Waals surface area (Å²) < 4.78 is 1.55. The normalized spacial score (nSPS) is 12.5. The molecule has 0 N–H and O–H groups in total. The van der Waals surface area contributed by atoms with Gasteiger partial charge in [-0.3, -0.25) is 4.79 Å². The van der Waals surface area contributed by atoms with E-state index in [2.05, 4.69) is 68.1 Å². The van der Waals surface area contributed by atoms with E-state index in [0.717, 1.165) is 22.0 Å². The average molecular weight is 436 g/mol. The van der Waals surface area contributed by atoms with Crippen LogP contribution in [-0.2, 0) is 6.54 Å². The molecule has 2 aromatic carbocycles. The van der Waals surface area contributed by atoms with Crippen molar-refractivity contribution in [2.45, 2.75) is 18.3 Å². The van der Waals surface area contributed by atoms with Crippen LogP contribution in [0.4, 0.5) is 0 Å². The second-order valence-electron chi connectivity index (χ2n) is 5.50. The third-order valence-electron chi connectivity index (χ3n) is 3.73. The van der Waals surface area contributed by atoms with Crippen molar-refractivity contribution in [2.24, 2.45) is 0 Å². The quantitative estimate of drug-likeness (QED) is 0.564. The molecule has 0 saturated heterocycles. The minimum Gasteiger partial charge on any atom is -0.267 e. The summed E-state index contributed by atoms with van der Waals surface area (Å²) in [6, 6.07) is 15.9. The fourth-order valence-corrected chi connectivity index (χ4v) is 3.00. The first-order valence-electron chi connectivity index (χ1n) is 7.37. The Morgan fingerprint density at radius 3 is 2.39 bits per heavy atom. The van der Waals surface area contributed by atoms with E-state index in [4.69, 9.17) is 0 Å².